The van der Waals surface area contributed by atoms with E-state index in [2.05, 4.69) is 40.3 Å². The summed E-state index contributed by atoms with van der Waals surface area (Å²) in [5.41, 5.74) is 7.42. The van der Waals surface area contributed by atoms with Gasteiger partial charge in [0.1, 0.15) is 11.5 Å². The summed E-state index contributed by atoms with van der Waals surface area (Å²) in [6, 6.07) is 9.01. The number of amides is 1. The molecule has 3 aromatic rings. The van der Waals surface area contributed by atoms with Gasteiger partial charge in [0.25, 0.3) is 0 Å². The molecule has 0 spiro atoms. The number of phenols is 1. The Balaban J connectivity index is 1.54. The van der Waals surface area contributed by atoms with Crippen molar-refractivity contribution in [2.45, 2.75) is 39.5 Å². The van der Waals surface area contributed by atoms with Crippen molar-refractivity contribution in [1.29, 1.82) is 0 Å². The molecule has 1 aliphatic rings. The molecule has 9 nitrogen and oxygen atoms in total. The van der Waals surface area contributed by atoms with Crippen LogP contribution in [0.25, 0.3) is 10.9 Å². The van der Waals surface area contributed by atoms with E-state index in [4.69, 9.17) is 14.3 Å². The number of aromatic nitrogens is 1. The van der Waals surface area contributed by atoms with E-state index in [9.17, 15) is 14.5 Å². The van der Waals surface area contributed by atoms with Crippen molar-refractivity contribution in [2.75, 3.05) is 0 Å². The Labute approximate surface area is 197 Å². The number of aryl methyl sites for hydroxylation is 3. The lowest BCUT2D eigenvalue weighted by atomic mass is 9.91. The van der Waals surface area contributed by atoms with Crippen LogP contribution in [0.1, 0.15) is 42.0 Å². The Morgan fingerprint density at radius 3 is 2.74 bits per heavy atom. The summed E-state index contributed by atoms with van der Waals surface area (Å²) < 4.78 is 18.0. The molecule has 10 heteroatoms. The molecule has 0 radical (unpaired) electrons. The summed E-state index contributed by atoms with van der Waals surface area (Å²) in [6.07, 6.45) is 4.07. The molecule has 0 fully saturated rings. The van der Waals surface area contributed by atoms with E-state index in [1.807, 2.05) is 13.1 Å². The molecule has 4 rings (SSSR count). The van der Waals surface area contributed by atoms with Gasteiger partial charge in [-0.25, -0.2) is 9.99 Å². The van der Waals surface area contributed by atoms with Crippen LogP contribution in [-0.4, -0.2) is 31.1 Å². The molecule has 1 aliphatic heterocycles. The van der Waals surface area contributed by atoms with E-state index >= 15 is 0 Å². The first kappa shape index (κ1) is 24.0. The number of nitrogens with zero attached hydrogens (tertiary/aromatic N) is 2. The molecule has 4 N–H and O–H groups in total. The monoisotopic (exact) mass is 485 g/mol. The molecular formula is C24H28N3O6P. The van der Waals surface area contributed by atoms with Crippen molar-refractivity contribution in [3.63, 3.8) is 0 Å². The third-order valence-electron chi connectivity index (χ3n) is 6.22. The van der Waals surface area contributed by atoms with Gasteiger partial charge in [0.2, 0.25) is 5.91 Å². The van der Waals surface area contributed by atoms with Crippen LogP contribution >= 0.6 is 7.82 Å². The maximum absolute atomic E-state index is 12.8. The number of hydrogen-bond acceptors (Lipinski definition) is 5. The molecule has 1 atom stereocenters. The average molecular weight is 485 g/mol. The van der Waals surface area contributed by atoms with Crippen molar-refractivity contribution in [1.82, 2.24) is 9.99 Å². The molecular weight excluding hydrogens is 457 g/mol. The van der Waals surface area contributed by atoms with Gasteiger partial charge >= 0.3 is 7.82 Å². The van der Waals surface area contributed by atoms with E-state index in [-0.39, 0.29) is 23.3 Å². The Kier molecular flexibility index (Phi) is 6.53. The molecule has 180 valence electrons. The van der Waals surface area contributed by atoms with Gasteiger partial charge in [-0.2, -0.15) is 5.10 Å². The Morgan fingerprint density at radius 2 is 2.03 bits per heavy atom. The van der Waals surface area contributed by atoms with E-state index in [1.165, 1.54) is 17.0 Å². The summed E-state index contributed by atoms with van der Waals surface area (Å²) in [6.45, 7) is 3.87. The summed E-state index contributed by atoms with van der Waals surface area (Å²) in [7, 11) is -2.76. The van der Waals surface area contributed by atoms with Gasteiger partial charge in [0.05, 0.1) is 5.71 Å². The van der Waals surface area contributed by atoms with Gasteiger partial charge < -0.3 is 14.2 Å². The average Bonchev–Trinajstić information content (AvgIpc) is 2.92. The molecule has 2 aromatic carbocycles. The largest absolute Gasteiger partial charge is 0.524 e. The molecule has 0 aliphatic carbocycles. The second-order valence-corrected chi connectivity index (χ2v) is 9.83. The highest BCUT2D eigenvalue weighted by molar-refractivity contribution is 7.46. The van der Waals surface area contributed by atoms with Crippen LogP contribution < -0.4 is 9.95 Å². The number of nitrogens with one attached hydrogen (secondary N) is 1. The fourth-order valence-corrected chi connectivity index (χ4v) is 4.91. The van der Waals surface area contributed by atoms with Crippen molar-refractivity contribution >= 4 is 30.3 Å². The van der Waals surface area contributed by atoms with Crippen LogP contribution in [0.2, 0.25) is 0 Å². The standard InChI is InChI=1S/C24H28N3O6P/c1-4-16-11-19(22(28)12-23(16)33-34(30,31)32)20-7-6-17(24(29)26-25-20)9-15-5-8-21-18(10-15)14(2)13-27(21)3/h5,8,10-13,17,28H,4,6-7,9H2,1-3H3,(H,26,29)(H2,30,31,32). The van der Waals surface area contributed by atoms with E-state index in [0.717, 1.165) is 11.1 Å². The molecule has 1 amide bonds. The third-order valence-corrected chi connectivity index (χ3v) is 6.66. The number of phosphoric ester groups is 1. The van der Waals surface area contributed by atoms with Crippen molar-refractivity contribution < 1.29 is 28.8 Å². The van der Waals surface area contributed by atoms with E-state index in [1.54, 1.807) is 13.0 Å². The molecule has 1 aromatic heterocycles. The highest BCUT2D eigenvalue weighted by atomic mass is 31.2. The Morgan fingerprint density at radius 1 is 1.26 bits per heavy atom. The number of phenolic OH excluding ortho intramolecular Hbond substituents is 1. The minimum atomic E-state index is -4.77. The van der Waals surface area contributed by atoms with Gasteiger partial charge in [-0.1, -0.05) is 13.0 Å². The third kappa shape index (κ3) is 5.01. The Bertz CT molecular complexity index is 1340. The molecule has 0 saturated carbocycles. The summed E-state index contributed by atoms with van der Waals surface area (Å²) >= 11 is 0. The Hall–Kier alpha value is -3.13. The fraction of sp³-hybridized carbons (Fsp3) is 0.333. The van der Waals surface area contributed by atoms with Crippen molar-refractivity contribution in [3.05, 3.63) is 58.8 Å². The molecule has 0 bridgehead atoms. The second-order valence-electron chi connectivity index (χ2n) is 8.66. The molecule has 34 heavy (non-hydrogen) atoms. The number of carbonyl (C=O) groups excluding carboxylic acids is 1. The maximum atomic E-state index is 12.8. The minimum Gasteiger partial charge on any atom is -0.507 e. The van der Waals surface area contributed by atoms with Gasteiger partial charge in [0.15, 0.2) is 0 Å². The maximum Gasteiger partial charge on any atom is 0.524 e. The smallest absolute Gasteiger partial charge is 0.507 e. The second kappa shape index (κ2) is 9.25. The van der Waals surface area contributed by atoms with Crippen LogP contribution in [0, 0.1) is 12.8 Å². The fourth-order valence-electron chi connectivity index (χ4n) is 4.48. The predicted octanol–water partition coefficient (Wildman–Crippen LogP) is 3.70. The first-order chi connectivity index (χ1) is 16.1. The van der Waals surface area contributed by atoms with E-state index in [0.29, 0.717) is 42.5 Å². The first-order valence-corrected chi connectivity index (χ1v) is 12.6. The van der Waals surface area contributed by atoms with E-state index < -0.39 is 7.82 Å². The summed E-state index contributed by atoms with van der Waals surface area (Å²) in [4.78, 5) is 31.0. The highest BCUT2D eigenvalue weighted by Crippen LogP contribution is 2.41. The van der Waals surface area contributed by atoms with Crippen molar-refractivity contribution in [2.24, 2.45) is 18.1 Å². The number of fused-ring (bicyclic) bond motifs is 1. The zero-order valence-corrected chi connectivity index (χ0v) is 20.2. The predicted molar refractivity (Wildman–Crippen MR) is 129 cm³/mol. The lowest BCUT2D eigenvalue weighted by molar-refractivity contribution is -0.124. The summed E-state index contributed by atoms with van der Waals surface area (Å²) in [5.74, 6) is -0.777. The number of aromatic hydroxyl groups is 1. The SMILES string of the molecule is CCc1cc(C2=NNC(=O)C(Cc3ccc4c(c3)c(C)cn4C)CC2)c(O)cc1OP(=O)(O)O. The number of hydrazone groups is 1. The van der Waals surface area contributed by atoms with Gasteiger partial charge in [0, 0.05) is 41.7 Å². The zero-order chi connectivity index (χ0) is 24.6. The van der Waals surface area contributed by atoms with Crippen molar-refractivity contribution in [3.8, 4) is 11.5 Å². The molecule has 1 unspecified atom stereocenters. The zero-order valence-electron chi connectivity index (χ0n) is 19.3. The first-order valence-electron chi connectivity index (χ1n) is 11.1. The number of carbonyl (C=O) groups is 1. The van der Waals surface area contributed by atoms with Crippen LogP contribution in [0.5, 0.6) is 11.5 Å². The number of benzene rings is 2. The van der Waals surface area contributed by atoms with Crippen LogP contribution in [-0.2, 0) is 29.2 Å². The minimum absolute atomic E-state index is 0.0835. The van der Waals surface area contributed by atoms with Gasteiger partial charge in [-0.3, -0.25) is 14.6 Å². The lowest BCUT2D eigenvalue weighted by Crippen LogP contribution is -2.26. The normalized spacial score (nSPS) is 16.8. The number of rotatable bonds is 6. The highest BCUT2D eigenvalue weighted by Gasteiger charge is 2.26. The molecule has 0 saturated heterocycles. The summed E-state index contributed by atoms with van der Waals surface area (Å²) in [5, 5.41) is 15.9. The van der Waals surface area contributed by atoms with Gasteiger partial charge in [-0.15, -0.1) is 0 Å². The van der Waals surface area contributed by atoms with Crippen LogP contribution in [0.15, 0.2) is 41.6 Å². The number of phosphoric acid groups is 1. The quantitative estimate of drug-likeness (QED) is 0.394. The van der Waals surface area contributed by atoms with Gasteiger partial charge in [-0.05, 0) is 67.5 Å². The molecule has 2 heterocycles. The number of hydrogen-bond donors (Lipinski definition) is 4. The topological polar surface area (TPSA) is 133 Å². The lowest BCUT2D eigenvalue weighted by Gasteiger charge is -2.15. The van der Waals surface area contributed by atoms with Crippen LogP contribution in [0.4, 0.5) is 0 Å². The van der Waals surface area contributed by atoms with Crippen LogP contribution in [0.3, 0.4) is 0 Å².